The van der Waals surface area contributed by atoms with Gasteiger partial charge in [-0.2, -0.15) is 10.5 Å². The molecule has 1 saturated heterocycles. The van der Waals surface area contributed by atoms with Crippen LogP contribution in [0.3, 0.4) is 0 Å². The number of nitriles is 2. The Labute approximate surface area is 129 Å². The standard InChI is InChI=1S/C17H15N5/c18-9-13-1-5-15(6-2-13)17(22-11-20-21-12-22)16-7-3-14(10-19)4-8-16/h1-8,17,20-21H,11-12H2. The first-order chi connectivity index (χ1) is 10.8. The molecule has 0 radical (unpaired) electrons. The van der Waals surface area contributed by atoms with E-state index in [9.17, 15) is 0 Å². The van der Waals surface area contributed by atoms with E-state index in [-0.39, 0.29) is 6.04 Å². The van der Waals surface area contributed by atoms with Crippen molar-refractivity contribution in [1.82, 2.24) is 15.8 Å². The summed E-state index contributed by atoms with van der Waals surface area (Å²) in [6.07, 6.45) is 0. The molecule has 3 rings (SSSR count). The molecule has 0 aliphatic carbocycles. The fraction of sp³-hybridized carbons (Fsp3) is 0.176. The van der Waals surface area contributed by atoms with Crippen LogP contribution in [0.2, 0.25) is 0 Å². The van der Waals surface area contributed by atoms with Crippen molar-refractivity contribution in [3.8, 4) is 12.1 Å². The van der Waals surface area contributed by atoms with Gasteiger partial charge in [0.2, 0.25) is 0 Å². The Kier molecular flexibility index (Phi) is 4.13. The SMILES string of the molecule is N#Cc1ccc(C(c2ccc(C#N)cc2)N2CNNC2)cc1. The quantitative estimate of drug-likeness (QED) is 0.902. The van der Waals surface area contributed by atoms with Gasteiger partial charge in [0.25, 0.3) is 0 Å². The van der Waals surface area contributed by atoms with Crippen molar-refractivity contribution in [2.45, 2.75) is 6.04 Å². The molecule has 0 bridgehead atoms. The van der Waals surface area contributed by atoms with Gasteiger partial charge in [-0.3, -0.25) is 4.90 Å². The first-order valence-electron chi connectivity index (χ1n) is 7.02. The molecule has 5 heteroatoms. The normalized spacial score (nSPS) is 14.7. The van der Waals surface area contributed by atoms with E-state index in [4.69, 9.17) is 10.5 Å². The van der Waals surface area contributed by atoms with E-state index < -0.39 is 0 Å². The molecule has 108 valence electrons. The summed E-state index contributed by atoms with van der Waals surface area (Å²) in [5, 5.41) is 17.9. The fourth-order valence-electron chi connectivity index (χ4n) is 2.65. The maximum Gasteiger partial charge on any atom is 0.0991 e. The molecule has 0 aromatic heterocycles. The topological polar surface area (TPSA) is 74.9 Å². The van der Waals surface area contributed by atoms with Crippen molar-refractivity contribution in [3.63, 3.8) is 0 Å². The van der Waals surface area contributed by atoms with E-state index in [1.165, 1.54) is 0 Å². The van der Waals surface area contributed by atoms with E-state index >= 15 is 0 Å². The van der Waals surface area contributed by atoms with E-state index in [1.54, 1.807) is 0 Å². The highest BCUT2D eigenvalue weighted by Crippen LogP contribution is 2.29. The molecule has 2 aromatic carbocycles. The van der Waals surface area contributed by atoms with Crippen LogP contribution in [0.15, 0.2) is 48.5 Å². The van der Waals surface area contributed by atoms with Crippen LogP contribution in [0.5, 0.6) is 0 Å². The van der Waals surface area contributed by atoms with Crippen molar-refractivity contribution in [3.05, 3.63) is 70.8 Å². The summed E-state index contributed by atoms with van der Waals surface area (Å²) in [5.74, 6) is 0. The van der Waals surface area contributed by atoms with Crippen molar-refractivity contribution < 1.29 is 0 Å². The summed E-state index contributed by atoms with van der Waals surface area (Å²) < 4.78 is 0. The number of hydrazine groups is 1. The number of nitrogens with zero attached hydrogens (tertiary/aromatic N) is 3. The minimum Gasteiger partial charge on any atom is -0.264 e. The lowest BCUT2D eigenvalue weighted by Crippen LogP contribution is -2.28. The average Bonchev–Trinajstić information content (AvgIpc) is 3.10. The second-order valence-corrected chi connectivity index (χ2v) is 5.13. The van der Waals surface area contributed by atoms with E-state index in [1.807, 2.05) is 48.5 Å². The zero-order valence-electron chi connectivity index (χ0n) is 12.0. The van der Waals surface area contributed by atoms with Crippen molar-refractivity contribution in [1.29, 1.82) is 10.5 Å². The third kappa shape index (κ3) is 2.83. The van der Waals surface area contributed by atoms with Crippen LogP contribution in [0.1, 0.15) is 28.3 Å². The molecule has 0 saturated carbocycles. The second-order valence-electron chi connectivity index (χ2n) is 5.13. The van der Waals surface area contributed by atoms with Crippen LogP contribution in [-0.4, -0.2) is 18.2 Å². The van der Waals surface area contributed by atoms with Gasteiger partial charge in [-0.15, -0.1) is 0 Å². The minimum absolute atomic E-state index is 0.0722. The van der Waals surface area contributed by atoms with Crippen LogP contribution >= 0.6 is 0 Å². The second kappa shape index (κ2) is 6.38. The summed E-state index contributed by atoms with van der Waals surface area (Å²) in [7, 11) is 0. The van der Waals surface area contributed by atoms with Crippen LogP contribution in [0.25, 0.3) is 0 Å². The maximum atomic E-state index is 8.94. The van der Waals surface area contributed by atoms with Crippen molar-refractivity contribution in [2.24, 2.45) is 0 Å². The van der Waals surface area contributed by atoms with E-state index in [2.05, 4.69) is 27.9 Å². The van der Waals surface area contributed by atoms with Crippen LogP contribution in [0, 0.1) is 22.7 Å². The molecular formula is C17H15N5. The van der Waals surface area contributed by atoms with Gasteiger partial charge in [0.1, 0.15) is 0 Å². The molecule has 0 atom stereocenters. The fourth-order valence-corrected chi connectivity index (χ4v) is 2.65. The molecule has 0 spiro atoms. The van der Waals surface area contributed by atoms with Crippen molar-refractivity contribution >= 4 is 0 Å². The zero-order chi connectivity index (χ0) is 15.4. The number of rotatable bonds is 3. The number of hydrogen-bond acceptors (Lipinski definition) is 5. The molecule has 0 unspecified atom stereocenters. The van der Waals surface area contributed by atoms with Gasteiger partial charge >= 0.3 is 0 Å². The maximum absolute atomic E-state index is 8.94. The lowest BCUT2D eigenvalue weighted by Gasteiger charge is -2.27. The van der Waals surface area contributed by atoms with Crippen molar-refractivity contribution in [2.75, 3.05) is 13.3 Å². The Balaban J connectivity index is 1.98. The zero-order valence-corrected chi connectivity index (χ0v) is 12.0. The lowest BCUT2D eigenvalue weighted by molar-refractivity contribution is 0.273. The number of benzene rings is 2. The first kappa shape index (κ1) is 14.2. The average molecular weight is 289 g/mol. The van der Waals surface area contributed by atoms with E-state index in [0.29, 0.717) is 11.1 Å². The summed E-state index contributed by atoms with van der Waals surface area (Å²) in [6, 6.07) is 19.6. The monoisotopic (exact) mass is 289 g/mol. The van der Waals surface area contributed by atoms with Gasteiger partial charge in [0.05, 0.1) is 42.6 Å². The van der Waals surface area contributed by atoms with Gasteiger partial charge in [-0.05, 0) is 35.4 Å². The molecular weight excluding hydrogens is 274 g/mol. The molecule has 2 N–H and O–H groups in total. The molecule has 1 heterocycles. The van der Waals surface area contributed by atoms with Gasteiger partial charge in [-0.25, -0.2) is 10.9 Å². The van der Waals surface area contributed by atoms with E-state index in [0.717, 1.165) is 24.5 Å². The third-order valence-corrected chi connectivity index (χ3v) is 3.77. The highest BCUT2D eigenvalue weighted by Gasteiger charge is 2.24. The summed E-state index contributed by atoms with van der Waals surface area (Å²) in [5.41, 5.74) is 9.76. The molecule has 0 amide bonds. The predicted octanol–water partition coefficient (Wildman–Crippen LogP) is 1.84. The Morgan fingerprint density at radius 3 is 1.55 bits per heavy atom. The Morgan fingerprint density at radius 2 is 1.18 bits per heavy atom. The number of nitrogens with one attached hydrogen (secondary N) is 2. The highest BCUT2D eigenvalue weighted by molar-refractivity contribution is 5.39. The molecule has 1 aliphatic rings. The molecule has 22 heavy (non-hydrogen) atoms. The lowest BCUT2D eigenvalue weighted by atomic mass is 9.96. The van der Waals surface area contributed by atoms with Gasteiger partial charge < -0.3 is 0 Å². The summed E-state index contributed by atoms with van der Waals surface area (Å²) >= 11 is 0. The van der Waals surface area contributed by atoms with Crippen LogP contribution in [0.4, 0.5) is 0 Å². The number of hydrogen-bond donors (Lipinski definition) is 2. The molecule has 1 fully saturated rings. The van der Waals surface area contributed by atoms with Crippen LogP contribution in [-0.2, 0) is 0 Å². The third-order valence-electron chi connectivity index (χ3n) is 3.77. The first-order valence-corrected chi connectivity index (χ1v) is 7.02. The predicted molar refractivity (Wildman–Crippen MR) is 82.0 cm³/mol. The van der Waals surface area contributed by atoms with Gasteiger partial charge in [-0.1, -0.05) is 24.3 Å². The smallest absolute Gasteiger partial charge is 0.0991 e. The summed E-state index contributed by atoms with van der Waals surface area (Å²) in [4.78, 5) is 2.25. The molecule has 5 nitrogen and oxygen atoms in total. The Bertz CT molecular complexity index is 658. The molecule has 2 aromatic rings. The minimum atomic E-state index is 0.0722. The van der Waals surface area contributed by atoms with Gasteiger partial charge in [0, 0.05) is 0 Å². The Hall–Kier alpha value is -2.70. The molecule has 1 aliphatic heterocycles. The highest BCUT2D eigenvalue weighted by atomic mass is 15.5. The Morgan fingerprint density at radius 1 is 0.773 bits per heavy atom. The van der Waals surface area contributed by atoms with Crippen LogP contribution < -0.4 is 10.9 Å². The largest absolute Gasteiger partial charge is 0.264 e. The summed E-state index contributed by atoms with van der Waals surface area (Å²) in [6.45, 7) is 1.45. The van der Waals surface area contributed by atoms with Gasteiger partial charge in [0.15, 0.2) is 0 Å².